The summed E-state index contributed by atoms with van der Waals surface area (Å²) in [5.41, 5.74) is 1.77. The van der Waals surface area contributed by atoms with Gasteiger partial charge in [-0.1, -0.05) is 18.2 Å². The number of hydrogen-bond acceptors (Lipinski definition) is 5. The van der Waals surface area contributed by atoms with E-state index < -0.39 is 0 Å². The third-order valence-electron chi connectivity index (χ3n) is 3.87. The van der Waals surface area contributed by atoms with Gasteiger partial charge in [0.05, 0.1) is 12.2 Å². The van der Waals surface area contributed by atoms with E-state index in [1.807, 2.05) is 50.2 Å². The fourth-order valence-electron chi connectivity index (χ4n) is 2.64. The minimum atomic E-state index is -0.127. The smallest absolute Gasteiger partial charge is 0.266 e. The second-order valence-corrected chi connectivity index (χ2v) is 6.00. The van der Waals surface area contributed by atoms with Gasteiger partial charge in [0.25, 0.3) is 5.56 Å². The predicted octanol–water partition coefficient (Wildman–Crippen LogP) is 1.71. The van der Waals surface area contributed by atoms with E-state index in [9.17, 15) is 4.79 Å². The number of nitrogens with one attached hydrogen (secondary N) is 1. The fourth-order valence-corrected chi connectivity index (χ4v) is 2.64. The molecule has 7 nitrogen and oxygen atoms in total. The van der Waals surface area contributed by atoms with Gasteiger partial charge in [0, 0.05) is 24.8 Å². The Bertz CT molecular complexity index is 902. The average molecular weight is 353 g/mol. The lowest BCUT2D eigenvalue weighted by molar-refractivity contribution is 0.312. The predicted molar refractivity (Wildman–Crippen MR) is 99.9 cm³/mol. The highest BCUT2D eigenvalue weighted by atomic mass is 16.5. The second-order valence-electron chi connectivity index (χ2n) is 6.00. The van der Waals surface area contributed by atoms with Crippen molar-refractivity contribution in [3.63, 3.8) is 0 Å². The van der Waals surface area contributed by atoms with Crippen molar-refractivity contribution in [2.45, 2.75) is 20.4 Å². The molecule has 0 aliphatic carbocycles. The average Bonchev–Trinajstić information content (AvgIpc) is 2.98. The zero-order valence-electron chi connectivity index (χ0n) is 15.1. The molecule has 1 N–H and O–H groups in total. The summed E-state index contributed by atoms with van der Waals surface area (Å²) in [6, 6.07) is 14.9. The molecule has 0 unspecified atom stereocenters. The second kappa shape index (κ2) is 8.44. The van der Waals surface area contributed by atoms with Gasteiger partial charge in [-0.05, 0) is 38.1 Å². The van der Waals surface area contributed by atoms with Gasteiger partial charge in [0.2, 0.25) is 0 Å². The van der Waals surface area contributed by atoms with E-state index in [0.29, 0.717) is 32.1 Å². The van der Waals surface area contributed by atoms with E-state index in [0.717, 1.165) is 17.1 Å². The first-order chi connectivity index (χ1) is 12.6. The standard InChI is InChI=1S/C19H23N5O2/c1-15-14-16(2)24(21-15)18-8-9-19(25)23(22-18)12-10-20-11-13-26-17-6-4-3-5-7-17/h3-9,14,20H,10-13H2,1-2H3. The third-order valence-corrected chi connectivity index (χ3v) is 3.87. The van der Waals surface area contributed by atoms with Crippen molar-refractivity contribution in [2.75, 3.05) is 19.7 Å². The largest absolute Gasteiger partial charge is 0.492 e. The zero-order chi connectivity index (χ0) is 18.4. The van der Waals surface area contributed by atoms with Crippen LogP contribution < -0.4 is 15.6 Å². The van der Waals surface area contributed by atoms with Crippen LogP contribution in [0.3, 0.4) is 0 Å². The number of aryl methyl sites for hydroxylation is 2. The topological polar surface area (TPSA) is 74.0 Å². The summed E-state index contributed by atoms with van der Waals surface area (Å²) in [7, 11) is 0. The molecule has 0 spiro atoms. The van der Waals surface area contributed by atoms with E-state index in [4.69, 9.17) is 4.74 Å². The molecule has 2 heterocycles. The van der Waals surface area contributed by atoms with Gasteiger partial charge in [0.1, 0.15) is 12.4 Å². The Kier molecular flexibility index (Phi) is 5.80. The molecule has 1 aromatic carbocycles. The normalized spacial score (nSPS) is 10.8. The molecule has 0 saturated carbocycles. The molecule has 0 aliphatic heterocycles. The maximum Gasteiger partial charge on any atom is 0.266 e. The van der Waals surface area contributed by atoms with Crippen molar-refractivity contribution in [3.05, 3.63) is 70.3 Å². The first-order valence-electron chi connectivity index (χ1n) is 8.64. The van der Waals surface area contributed by atoms with E-state index in [1.165, 1.54) is 10.7 Å². The Morgan fingerprint density at radius 1 is 1.04 bits per heavy atom. The molecule has 0 radical (unpaired) electrons. The Morgan fingerprint density at radius 3 is 2.58 bits per heavy atom. The van der Waals surface area contributed by atoms with E-state index in [2.05, 4.69) is 15.5 Å². The van der Waals surface area contributed by atoms with Gasteiger partial charge in [0.15, 0.2) is 5.82 Å². The van der Waals surface area contributed by atoms with Crippen LogP contribution in [0.4, 0.5) is 0 Å². The van der Waals surface area contributed by atoms with Crippen LogP contribution in [0.5, 0.6) is 5.75 Å². The van der Waals surface area contributed by atoms with E-state index in [-0.39, 0.29) is 5.56 Å². The highest BCUT2D eigenvalue weighted by molar-refractivity contribution is 5.24. The summed E-state index contributed by atoms with van der Waals surface area (Å²) >= 11 is 0. The fraction of sp³-hybridized carbons (Fsp3) is 0.316. The van der Waals surface area contributed by atoms with Crippen molar-refractivity contribution < 1.29 is 4.74 Å². The van der Waals surface area contributed by atoms with Gasteiger partial charge in [-0.25, -0.2) is 9.36 Å². The number of aromatic nitrogens is 4. The van der Waals surface area contributed by atoms with Crippen molar-refractivity contribution in [2.24, 2.45) is 0 Å². The van der Waals surface area contributed by atoms with Crippen LogP contribution in [0.1, 0.15) is 11.4 Å². The molecular weight excluding hydrogens is 330 g/mol. The molecular formula is C19H23N5O2. The summed E-state index contributed by atoms with van der Waals surface area (Å²) in [6.45, 7) is 6.27. The Hall–Kier alpha value is -2.93. The van der Waals surface area contributed by atoms with Crippen molar-refractivity contribution in [1.82, 2.24) is 24.9 Å². The number of para-hydroxylation sites is 1. The molecule has 0 aliphatic rings. The maximum absolute atomic E-state index is 12.0. The van der Waals surface area contributed by atoms with Gasteiger partial charge < -0.3 is 10.1 Å². The van der Waals surface area contributed by atoms with Gasteiger partial charge in [-0.3, -0.25) is 4.79 Å². The SMILES string of the molecule is Cc1cc(C)n(-c2ccc(=O)n(CCNCCOc3ccccc3)n2)n1. The van der Waals surface area contributed by atoms with Crippen molar-refractivity contribution in [3.8, 4) is 11.6 Å². The maximum atomic E-state index is 12.0. The number of hydrogen-bond donors (Lipinski definition) is 1. The molecule has 0 saturated heterocycles. The van der Waals surface area contributed by atoms with Gasteiger partial charge >= 0.3 is 0 Å². The lowest BCUT2D eigenvalue weighted by atomic mass is 10.3. The van der Waals surface area contributed by atoms with Crippen LogP contribution in [0.25, 0.3) is 5.82 Å². The van der Waals surface area contributed by atoms with Crippen LogP contribution in [0, 0.1) is 13.8 Å². The molecule has 0 bridgehead atoms. The molecule has 7 heteroatoms. The summed E-state index contributed by atoms with van der Waals surface area (Å²) in [6.07, 6.45) is 0. The van der Waals surface area contributed by atoms with E-state index >= 15 is 0 Å². The van der Waals surface area contributed by atoms with E-state index in [1.54, 1.807) is 10.7 Å². The number of nitrogens with zero attached hydrogens (tertiary/aromatic N) is 4. The third kappa shape index (κ3) is 4.58. The van der Waals surface area contributed by atoms with Crippen LogP contribution in [0.15, 0.2) is 53.3 Å². The molecule has 2 aromatic heterocycles. The first kappa shape index (κ1) is 17.9. The molecule has 26 heavy (non-hydrogen) atoms. The Labute approximate surface area is 152 Å². The summed E-state index contributed by atoms with van der Waals surface area (Å²) < 4.78 is 8.81. The quantitative estimate of drug-likeness (QED) is 0.624. The van der Waals surface area contributed by atoms with Crippen LogP contribution in [-0.4, -0.2) is 39.3 Å². The lowest BCUT2D eigenvalue weighted by Crippen LogP contribution is -2.31. The highest BCUT2D eigenvalue weighted by Crippen LogP contribution is 2.08. The summed E-state index contributed by atoms with van der Waals surface area (Å²) in [5, 5.41) is 12.1. The molecule has 3 rings (SSSR count). The Balaban J connectivity index is 1.51. The van der Waals surface area contributed by atoms with Crippen molar-refractivity contribution in [1.29, 1.82) is 0 Å². The first-order valence-corrected chi connectivity index (χ1v) is 8.64. The van der Waals surface area contributed by atoms with Crippen molar-refractivity contribution >= 4 is 0 Å². The number of benzene rings is 1. The van der Waals surface area contributed by atoms with Crippen LogP contribution in [-0.2, 0) is 6.54 Å². The Morgan fingerprint density at radius 2 is 1.85 bits per heavy atom. The summed E-state index contributed by atoms with van der Waals surface area (Å²) in [4.78, 5) is 12.0. The molecule has 136 valence electrons. The van der Waals surface area contributed by atoms with Crippen LogP contribution >= 0.6 is 0 Å². The number of rotatable bonds is 8. The minimum absolute atomic E-state index is 0.127. The molecule has 0 atom stereocenters. The molecule has 0 amide bonds. The van der Waals surface area contributed by atoms with Gasteiger partial charge in [-0.2, -0.15) is 5.10 Å². The van der Waals surface area contributed by atoms with Gasteiger partial charge in [-0.15, -0.1) is 5.10 Å². The van der Waals surface area contributed by atoms with Crippen LogP contribution in [0.2, 0.25) is 0 Å². The summed E-state index contributed by atoms with van der Waals surface area (Å²) in [5.74, 6) is 1.49. The minimum Gasteiger partial charge on any atom is -0.492 e. The number of ether oxygens (including phenoxy) is 1. The lowest BCUT2D eigenvalue weighted by Gasteiger charge is -2.10. The monoisotopic (exact) mass is 353 g/mol. The molecule has 3 aromatic rings. The molecule has 0 fully saturated rings. The zero-order valence-corrected chi connectivity index (χ0v) is 15.1. The highest BCUT2D eigenvalue weighted by Gasteiger charge is 2.07.